The summed E-state index contributed by atoms with van der Waals surface area (Å²) >= 11 is 0. The standard InChI is InChI=1S/C14H26N2O/c1-11(10-16-8-4-5-13(16)17)15-12-6-7-14(2,3)9-12/h11-12,15H,4-10H2,1-3H3. The van der Waals surface area contributed by atoms with E-state index in [1.807, 2.05) is 4.90 Å². The Morgan fingerprint density at radius 2 is 2.29 bits per heavy atom. The molecule has 0 radical (unpaired) electrons. The summed E-state index contributed by atoms with van der Waals surface area (Å²) in [6, 6.07) is 1.08. The van der Waals surface area contributed by atoms with Gasteiger partial charge in [-0.3, -0.25) is 4.79 Å². The fourth-order valence-corrected chi connectivity index (χ4v) is 3.26. The summed E-state index contributed by atoms with van der Waals surface area (Å²) in [7, 11) is 0. The molecule has 0 aromatic heterocycles. The van der Waals surface area contributed by atoms with Crippen molar-refractivity contribution in [3.63, 3.8) is 0 Å². The van der Waals surface area contributed by atoms with E-state index < -0.39 is 0 Å². The minimum absolute atomic E-state index is 0.338. The van der Waals surface area contributed by atoms with E-state index in [9.17, 15) is 4.79 Å². The van der Waals surface area contributed by atoms with Crippen molar-refractivity contribution in [2.45, 2.75) is 65.0 Å². The first-order valence-corrected chi connectivity index (χ1v) is 7.00. The van der Waals surface area contributed by atoms with Crippen LogP contribution in [0.15, 0.2) is 0 Å². The van der Waals surface area contributed by atoms with Gasteiger partial charge < -0.3 is 10.2 Å². The summed E-state index contributed by atoms with van der Waals surface area (Å²) in [6.45, 7) is 8.75. The Balaban J connectivity index is 1.74. The number of hydrogen-bond acceptors (Lipinski definition) is 2. The van der Waals surface area contributed by atoms with E-state index in [0.29, 0.717) is 23.4 Å². The molecule has 1 amide bonds. The zero-order valence-electron chi connectivity index (χ0n) is 11.5. The van der Waals surface area contributed by atoms with Crippen LogP contribution in [0.2, 0.25) is 0 Å². The van der Waals surface area contributed by atoms with Gasteiger partial charge in [0.15, 0.2) is 0 Å². The third-order valence-corrected chi connectivity index (χ3v) is 4.15. The Morgan fingerprint density at radius 1 is 1.53 bits per heavy atom. The van der Waals surface area contributed by atoms with Crippen molar-refractivity contribution in [1.29, 1.82) is 0 Å². The van der Waals surface area contributed by atoms with Gasteiger partial charge in [-0.15, -0.1) is 0 Å². The van der Waals surface area contributed by atoms with Crippen LogP contribution in [-0.4, -0.2) is 36.0 Å². The summed E-state index contributed by atoms with van der Waals surface area (Å²) in [5, 5.41) is 3.69. The largest absolute Gasteiger partial charge is 0.341 e. The predicted molar refractivity (Wildman–Crippen MR) is 69.8 cm³/mol. The summed E-state index contributed by atoms with van der Waals surface area (Å²) < 4.78 is 0. The number of carbonyl (C=O) groups is 1. The molecule has 0 aromatic rings. The van der Waals surface area contributed by atoms with Gasteiger partial charge in [-0.25, -0.2) is 0 Å². The molecule has 0 aromatic carbocycles. The van der Waals surface area contributed by atoms with Crippen LogP contribution in [0.5, 0.6) is 0 Å². The van der Waals surface area contributed by atoms with Crippen LogP contribution in [0.3, 0.4) is 0 Å². The maximum atomic E-state index is 11.5. The first-order valence-electron chi connectivity index (χ1n) is 7.00. The highest BCUT2D eigenvalue weighted by Gasteiger charge is 2.32. The molecule has 1 saturated carbocycles. The van der Waals surface area contributed by atoms with Crippen molar-refractivity contribution < 1.29 is 4.79 Å². The van der Waals surface area contributed by atoms with E-state index in [0.717, 1.165) is 25.9 Å². The average molecular weight is 238 g/mol. The molecule has 3 nitrogen and oxygen atoms in total. The van der Waals surface area contributed by atoms with Gasteiger partial charge in [0.25, 0.3) is 0 Å². The highest BCUT2D eigenvalue weighted by Crippen LogP contribution is 2.37. The first-order chi connectivity index (χ1) is 7.96. The average Bonchev–Trinajstić information content (AvgIpc) is 2.74. The molecule has 17 heavy (non-hydrogen) atoms. The van der Waals surface area contributed by atoms with Crippen LogP contribution in [0.1, 0.15) is 52.9 Å². The SMILES string of the molecule is CC(CN1CCCC1=O)NC1CCC(C)(C)C1. The van der Waals surface area contributed by atoms with E-state index in [1.54, 1.807) is 0 Å². The van der Waals surface area contributed by atoms with Crippen LogP contribution in [-0.2, 0) is 4.79 Å². The second-order valence-corrected chi connectivity index (χ2v) is 6.61. The summed E-state index contributed by atoms with van der Waals surface area (Å²) in [5.74, 6) is 0.338. The first kappa shape index (κ1) is 12.9. The third-order valence-electron chi connectivity index (χ3n) is 4.15. The minimum Gasteiger partial charge on any atom is -0.341 e. The number of carbonyl (C=O) groups excluding carboxylic acids is 1. The minimum atomic E-state index is 0.338. The summed E-state index contributed by atoms with van der Waals surface area (Å²) in [4.78, 5) is 13.6. The van der Waals surface area contributed by atoms with Crippen molar-refractivity contribution in [3.8, 4) is 0 Å². The van der Waals surface area contributed by atoms with E-state index >= 15 is 0 Å². The lowest BCUT2D eigenvalue weighted by Crippen LogP contribution is -2.43. The van der Waals surface area contributed by atoms with Crippen molar-refractivity contribution in [2.24, 2.45) is 5.41 Å². The normalized spacial score (nSPS) is 29.9. The maximum Gasteiger partial charge on any atom is 0.222 e. The van der Waals surface area contributed by atoms with E-state index in [2.05, 4.69) is 26.1 Å². The summed E-state index contributed by atoms with van der Waals surface area (Å²) in [5.41, 5.74) is 0.501. The van der Waals surface area contributed by atoms with E-state index in [4.69, 9.17) is 0 Å². The number of amides is 1. The number of rotatable bonds is 4. The van der Waals surface area contributed by atoms with Gasteiger partial charge >= 0.3 is 0 Å². The lowest BCUT2D eigenvalue weighted by molar-refractivity contribution is -0.127. The molecule has 0 spiro atoms. The molecule has 0 bridgehead atoms. The second-order valence-electron chi connectivity index (χ2n) is 6.61. The molecule has 1 N–H and O–H groups in total. The Labute approximate surface area is 105 Å². The molecule has 98 valence electrons. The van der Waals surface area contributed by atoms with Gasteiger partial charge in [-0.1, -0.05) is 13.8 Å². The lowest BCUT2D eigenvalue weighted by atomic mass is 9.92. The van der Waals surface area contributed by atoms with Crippen LogP contribution in [0.25, 0.3) is 0 Å². The van der Waals surface area contributed by atoms with Crippen molar-refractivity contribution in [3.05, 3.63) is 0 Å². The number of nitrogens with zero attached hydrogens (tertiary/aromatic N) is 1. The monoisotopic (exact) mass is 238 g/mol. The van der Waals surface area contributed by atoms with Gasteiger partial charge in [0, 0.05) is 31.6 Å². The quantitative estimate of drug-likeness (QED) is 0.814. The zero-order valence-corrected chi connectivity index (χ0v) is 11.5. The Kier molecular flexibility index (Phi) is 3.76. The highest BCUT2D eigenvalue weighted by atomic mass is 16.2. The molecule has 2 atom stereocenters. The number of nitrogens with one attached hydrogen (secondary N) is 1. The molecule has 1 aliphatic carbocycles. The third kappa shape index (κ3) is 3.44. The van der Waals surface area contributed by atoms with E-state index in [1.165, 1.54) is 19.3 Å². The lowest BCUT2D eigenvalue weighted by Gasteiger charge is -2.25. The molecular weight excluding hydrogens is 212 g/mol. The van der Waals surface area contributed by atoms with Crippen LogP contribution < -0.4 is 5.32 Å². The molecule has 2 unspecified atom stereocenters. The van der Waals surface area contributed by atoms with Gasteiger partial charge in [0.1, 0.15) is 0 Å². The molecule has 3 heteroatoms. The van der Waals surface area contributed by atoms with Crippen molar-refractivity contribution in [1.82, 2.24) is 10.2 Å². The Hall–Kier alpha value is -0.570. The van der Waals surface area contributed by atoms with Crippen LogP contribution in [0.4, 0.5) is 0 Å². The molecule has 1 saturated heterocycles. The van der Waals surface area contributed by atoms with Crippen molar-refractivity contribution >= 4 is 5.91 Å². The molecule has 2 aliphatic rings. The molecule has 2 fully saturated rings. The van der Waals surface area contributed by atoms with Crippen LogP contribution >= 0.6 is 0 Å². The number of hydrogen-bond donors (Lipinski definition) is 1. The van der Waals surface area contributed by atoms with Gasteiger partial charge in [0.05, 0.1) is 0 Å². The fourth-order valence-electron chi connectivity index (χ4n) is 3.26. The zero-order chi connectivity index (χ0) is 12.5. The van der Waals surface area contributed by atoms with Crippen molar-refractivity contribution in [2.75, 3.05) is 13.1 Å². The van der Waals surface area contributed by atoms with E-state index in [-0.39, 0.29) is 0 Å². The van der Waals surface area contributed by atoms with Crippen LogP contribution in [0, 0.1) is 5.41 Å². The highest BCUT2D eigenvalue weighted by molar-refractivity contribution is 5.78. The van der Waals surface area contributed by atoms with Gasteiger partial charge in [-0.05, 0) is 38.0 Å². The second kappa shape index (κ2) is 4.97. The smallest absolute Gasteiger partial charge is 0.222 e. The number of likely N-dealkylation sites (tertiary alicyclic amines) is 1. The molecule has 2 rings (SSSR count). The molecular formula is C14H26N2O. The fraction of sp³-hybridized carbons (Fsp3) is 0.929. The Morgan fingerprint density at radius 3 is 2.82 bits per heavy atom. The maximum absolute atomic E-state index is 11.5. The topological polar surface area (TPSA) is 32.3 Å². The van der Waals surface area contributed by atoms with Gasteiger partial charge in [0.2, 0.25) is 5.91 Å². The molecule has 1 heterocycles. The Bertz CT molecular complexity index is 288. The summed E-state index contributed by atoms with van der Waals surface area (Å²) in [6.07, 6.45) is 5.67. The van der Waals surface area contributed by atoms with Gasteiger partial charge in [-0.2, -0.15) is 0 Å². The molecule has 1 aliphatic heterocycles. The predicted octanol–water partition coefficient (Wildman–Crippen LogP) is 2.17.